The van der Waals surface area contributed by atoms with Gasteiger partial charge in [-0.05, 0) is 26.2 Å². The van der Waals surface area contributed by atoms with Crippen molar-refractivity contribution in [1.82, 2.24) is 15.0 Å². The third kappa shape index (κ3) is 2.95. The van der Waals surface area contributed by atoms with Crippen LogP contribution in [0.15, 0.2) is 0 Å². The van der Waals surface area contributed by atoms with Gasteiger partial charge in [0.25, 0.3) is 0 Å². The highest BCUT2D eigenvalue weighted by molar-refractivity contribution is 5.37. The van der Waals surface area contributed by atoms with Crippen LogP contribution in [0.25, 0.3) is 0 Å². The molecule has 1 saturated heterocycles. The van der Waals surface area contributed by atoms with E-state index in [-0.39, 0.29) is 12.1 Å². The maximum absolute atomic E-state index is 5.67. The molecule has 2 heterocycles. The van der Waals surface area contributed by atoms with Crippen LogP contribution in [0.1, 0.15) is 27.2 Å². The number of aromatic nitrogens is 3. The summed E-state index contributed by atoms with van der Waals surface area (Å²) in [6.45, 7) is 8.00. The molecule has 0 aliphatic carbocycles. The molecule has 0 amide bonds. The van der Waals surface area contributed by atoms with Crippen LogP contribution in [0, 0.1) is 5.92 Å². The summed E-state index contributed by atoms with van der Waals surface area (Å²) in [5.74, 6) is 1.50. The van der Waals surface area contributed by atoms with Gasteiger partial charge in [0.15, 0.2) is 0 Å². The minimum Gasteiger partial charge on any atom is -0.461 e. The van der Waals surface area contributed by atoms with Gasteiger partial charge in [-0.15, -0.1) is 0 Å². The second kappa shape index (κ2) is 4.73. The molecule has 0 radical (unpaired) electrons. The second-order valence-corrected chi connectivity index (χ2v) is 4.78. The largest absolute Gasteiger partial charge is 0.461 e. The summed E-state index contributed by atoms with van der Waals surface area (Å²) >= 11 is 0. The summed E-state index contributed by atoms with van der Waals surface area (Å²) < 4.78 is 5.45. The number of hydrogen-bond acceptors (Lipinski definition) is 6. The van der Waals surface area contributed by atoms with Crippen molar-refractivity contribution in [3.8, 4) is 6.01 Å². The molecule has 6 nitrogen and oxygen atoms in total. The van der Waals surface area contributed by atoms with Gasteiger partial charge in [-0.2, -0.15) is 15.0 Å². The zero-order valence-electron chi connectivity index (χ0n) is 10.6. The van der Waals surface area contributed by atoms with Crippen LogP contribution in [0.3, 0.4) is 0 Å². The first-order chi connectivity index (χ1) is 8.04. The zero-order valence-corrected chi connectivity index (χ0v) is 10.6. The summed E-state index contributed by atoms with van der Waals surface area (Å²) in [5, 5.41) is 0. The summed E-state index contributed by atoms with van der Waals surface area (Å²) in [6, 6.07) is 0.307. The maximum atomic E-state index is 5.67. The number of hydrogen-bond donors (Lipinski definition) is 1. The van der Waals surface area contributed by atoms with Gasteiger partial charge in [-0.25, -0.2) is 0 Å². The monoisotopic (exact) mass is 237 g/mol. The Bertz CT molecular complexity index is 395. The maximum Gasteiger partial charge on any atom is 0.323 e. The van der Waals surface area contributed by atoms with Gasteiger partial charge < -0.3 is 15.4 Å². The van der Waals surface area contributed by atoms with Crippen LogP contribution >= 0.6 is 0 Å². The number of ether oxygens (including phenoxy) is 1. The van der Waals surface area contributed by atoms with Crippen LogP contribution in [0.2, 0.25) is 0 Å². The van der Waals surface area contributed by atoms with Crippen LogP contribution in [-0.2, 0) is 0 Å². The minimum atomic E-state index is 0.0298. The Kier molecular flexibility index (Phi) is 3.31. The fourth-order valence-corrected chi connectivity index (χ4v) is 1.88. The van der Waals surface area contributed by atoms with Gasteiger partial charge in [0.05, 0.1) is 6.10 Å². The van der Waals surface area contributed by atoms with Crippen molar-refractivity contribution in [2.24, 2.45) is 5.92 Å². The standard InChI is InChI=1S/C11H19N5O/c1-7(2)17-11-14-9(12)13-10(15-11)16-5-4-8(3)6-16/h7-8H,4-6H2,1-3H3,(H2,12,13,14,15). The van der Waals surface area contributed by atoms with E-state index in [0.717, 1.165) is 19.5 Å². The van der Waals surface area contributed by atoms with Gasteiger partial charge in [-0.1, -0.05) is 6.92 Å². The van der Waals surface area contributed by atoms with E-state index in [1.807, 2.05) is 13.8 Å². The molecule has 1 aromatic heterocycles. The highest BCUT2D eigenvalue weighted by Crippen LogP contribution is 2.22. The Balaban J connectivity index is 2.19. The summed E-state index contributed by atoms with van der Waals surface area (Å²) in [4.78, 5) is 14.5. The van der Waals surface area contributed by atoms with Crippen molar-refractivity contribution in [2.75, 3.05) is 23.7 Å². The molecule has 6 heteroatoms. The topological polar surface area (TPSA) is 77.2 Å². The van der Waals surface area contributed by atoms with E-state index in [2.05, 4.69) is 26.8 Å². The third-order valence-corrected chi connectivity index (χ3v) is 2.67. The first-order valence-electron chi connectivity index (χ1n) is 5.97. The fraction of sp³-hybridized carbons (Fsp3) is 0.727. The molecule has 0 aromatic carbocycles. The Labute approximate surface area is 101 Å². The average Bonchev–Trinajstić information content (AvgIpc) is 2.62. The van der Waals surface area contributed by atoms with Crippen LogP contribution in [-0.4, -0.2) is 34.1 Å². The molecule has 0 saturated carbocycles. The highest BCUT2D eigenvalue weighted by atomic mass is 16.5. The summed E-state index contributed by atoms with van der Waals surface area (Å²) in [5.41, 5.74) is 5.67. The molecule has 17 heavy (non-hydrogen) atoms. The predicted octanol–water partition coefficient (Wildman–Crippen LogP) is 1.09. The van der Waals surface area contributed by atoms with Gasteiger partial charge in [0.2, 0.25) is 11.9 Å². The number of anilines is 2. The van der Waals surface area contributed by atoms with E-state index in [1.54, 1.807) is 0 Å². The van der Waals surface area contributed by atoms with E-state index in [4.69, 9.17) is 10.5 Å². The van der Waals surface area contributed by atoms with Crippen LogP contribution in [0.4, 0.5) is 11.9 Å². The highest BCUT2D eigenvalue weighted by Gasteiger charge is 2.22. The second-order valence-electron chi connectivity index (χ2n) is 4.78. The smallest absolute Gasteiger partial charge is 0.323 e. The zero-order chi connectivity index (χ0) is 12.4. The Morgan fingerprint density at radius 1 is 1.35 bits per heavy atom. The fourth-order valence-electron chi connectivity index (χ4n) is 1.88. The number of nitrogens with two attached hydrogens (primary N) is 1. The van der Waals surface area contributed by atoms with Crippen LogP contribution in [0.5, 0.6) is 6.01 Å². The molecule has 1 aromatic rings. The van der Waals surface area contributed by atoms with E-state index in [1.165, 1.54) is 0 Å². The Morgan fingerprint density at radius 3 is 2.71 bits per heavy atom. The first kappa shape index (κ1) is 11.9. The molecule has 0 spiro atoms. The lowest BCUT2D eigenvalue weighted by atomic mass is 10.2. The lowest BCUT2D eigenvalue weighted by Crippen LogP contribution is -2.23. The van der Waals surface area contributed by atoms with E-state index >= 15 is 0 Å². The van der Waals surface area contributed by atoms with Gasteiger partial charge in [0, 0.05) is 13.1 Å². The molecule has 1 aliphatic heterocycles. The molecule has 2 N–H and O–H groups in total. The summed E-state index contributed by atoms with van der Waals surface area (Å²) in [6.07, 6.45) is 1.19. The van der Waals surface area contributed by atoms with Gasteiger partial charge >= 0.3 is 6.01 Å². The van der Waals surface area contributed by atoms with Gasteiger partial charge in [0.1, 0.15) is 0 Å². The quantitative estimate of drug-likeness (QED) is 0.847. The number of rotatable bonds is 3. The van der Waals surface area contributed by atoms with Crippen LogP contribution < -0.4 is 15.4 Å². The van der Waals surface area contributed by atoms with Crippen molar-refractivity contribution in [2.45, 2.75) is 33.3 Å². The molecule has 0 bridgehead atoms. The molecule has 1 aliphatic rings. The molecule has 1 fully saturated rings. The lowest BCUT2D eigenvalue weighted by molar-refractivity contribution is 0.222. The van der Waals surface area contributed by atoms with Crippen molar-refractivity contribution >= 4 is 11.9 Å². The van der Waals surface area contributed by atoms with Crippen molar-refractivity contribution in [1.29, 1.82) is 0 Å². The minimum absolute atomic E-state index is 0.0298. The predicted molar refractivity (Wildman–Crippen MR) is 66.0 cm³/mol. The van der Waals surface area contributed by atoms with Crippen molar-refractivity contribution in [3.63, 3.8) is 0 Å². The van der Waals surface area contributed by atoms with E-state index in [9.17, 15) is 0 Å². The molecule has 2 rings (SSSR count). The molecular formula is C11H19N5O. The normalized spacial score (nSPS) is 20.0. The van der Waals surface area contributed by atoms with Gasteiger partial charge in [-0.3, -0.25) is 0 Å². The molecular weight excluding hydrogens is 218 g/mol. The summed E-state index contributed by atoms with van der Waals surface area (Å²) in [7, 11) is 0. The molecule has 1 atom stereocenters. The average molecular weight is 237 g/mol. The third-order valence-electron chi connectivity index (χ3n) is 2.67. The first-order valence-corrected chi connectivity index (χ1v) is 5.97. The van der Waals surface area contributed by atoms with Crippen molar-refractivity contribution < 1.29 is 4.74 Å². The van der Waals surface area contributed by atoms with E-state index < -0.39 is 0 Å². The Morgan fingerprint density at radius 2 is 2.12 bits per heavy atom. The van der Waals surface area contributed by atoms with E-state index in [0.29, 0.717) is 17.9 Å². The SMILES string of the molecule is CC1CCN(c2nc(N)nc(OC(C)C)n2)C1. The lowest BCUT2D eigenvalue weighted by Gasteiger charge is -2.16. The number of nitrogen functional groups attached to an aromatic ring is 1. The Hall–Kier alpha value is -1.59. The molecule has 94 valence electrons. The number of nitrogens with zero attached hydrogens (tertiary/aromatic N) is 4. The van der Waals surface area contributed by atoms with Crippen molar-refractivity contribution in [3.05, 3.63) is 0 Å². The molecule has 1 unspecified atom stereocenters.